The van der Waals surface area contributed by atoms with Crippen molar-refractivity contribution in [3.63, 3.8) is 0 Å². The molecule has 0 atom stereocenters. The number of esters is 1. The quantitative estimate of drug-likeness (QED) is 0.508. The van der Waals surface area contributed by atoms with Crippen LogP contribution < -0.4 is 5.32 Å². The summed E-state index contributed by atoms with van der Waals surface area (Å²) < 4.78 is 29.9. The van der Waals surface area contributed by atoms with Crippen LogP contribution in [0.25, 0.3) is 0 Å². The molecule has 1 aromatic heterocycles. The zero-order valence-corrected chi connectivity index (χ0v) is 22.7. The summed E-state index contributed by atoms with van der Waals surface area (Å²) in [6, 6.07) is 6.77. The van der Waals surface area contributed by atoms with Gasteiger partial charge in [-0.05, 0) is 64.3 Å². The molecule has 3 rings (SSSR count). The van der Waals surface area contributed by atoms with Gasteiger partial charge in [0.25, 0.3) is 0 Å². The van der Waals surface area contributed by atoms with Crippen LogP contribution in [0.4, 0.5) is 5.00 Å². The molecule has 1 aliphatic heterocycles. The second kappa shape index (κ2) is 11.7. The minimum absolute atomic E-state index is 0. The molecule has 0 bridgehead atoms. The Labute approximate surface area is 212 Å². The summed E-state index contributed by atoms with van der Waals surface area (Å²) in [7, 11) is -3.36. The molecule has 188 valence electrons. The van der Waals surface area contributed by atoms with Crippen LogP contribution in [0.1, 0.15) is 61.0 Å². The summed E-state index contributed by atoms with van der Waals surface area (Å²) in [6.45, 7) is 11.2. The molecule has 1 aliphatic rings. The number of sulfone groups is 1. The Morgan fingerprint density at radius 1 is 1.15 bits per heavy atom. The molecule has 1 aromatic carbocycles. The SMILES string of the molecule is CCOC(=O)c1c(NC(=O)Cc2ccc(S(=O)(=O)C(C)C)cc2)sc2c1CCN(C(C)C)C2.Cl. The summed E-state index contributed by atoms with van der Waals surface area (Å²) in [5.41, 5.74) is 2.13. The van der Waals surface area contributed by atoms with E-state index in [0.29, 0.717) is 22.2 Å². The van der Waals surface area contributed by atoms with E-state index in [0.717, 1.165) is 30.0 Å². The van der Waals surface area contributed by atoms with Crippen molar-refractivity contribution in [2.75, 3.05) is 18.5 Å². The lowest BCUT2D eigenvalue weighted by molar-refractivity contribution is -0.115. The number of amides is 1. The highest BCUT2D eigenvalue weighted by atomic mass is 35.5. The number of thiophene rings is 1. The van der Waals surface area contributed by atoms with Crippen molar-refractivity contribution in [3.8, 4) is 0 Å². The third-order valence-electron chi connectivity index (χ3n) is 5.79. The maximum absolute atomic E-state index is 12.8. The molecule has 10 heteroatoms. The van der Waals surface area contributed by atoms with Crippen molar-refractivity contribution in [1.29, 1.82) is 0 Å². The van der Waals surface area contributed by atoms with E-state index in [1.807, 2.05) is 0 Å². The number of hydrogen-bond acceptors (Lipinski definition) is 7. The lowest BCUT2D eigenvalue weighted by Crippen LogP contribution is -2.35. The van der Waals surface area contributed by atoms with Gasteiger partial charge in [0.05, 0.1) is 28.7 Å². The van der Waals surface area contributed by atoms with E-state index in [9.17, 15) is 18.0 Å². The van der Waals surface area contributed by atoms with Gasteiger partial charge in [-0.15, -0.1) is 23.7 Å². The van der Waals surface area contributed by atoms with Crippen LogP contribution in [0, 0.1) is 0 Å². The Balaban J connectivity index is 0.00000408. The maximum atomic E-state index is 12.8. The molecule has 1 amide bonds. The predicted octanol–water partition coefficient (Wildman–Crippen LogP) is 4.48. The Bertz CT molecular complexity index is 1120. The van der Waals surface area contributed by atoms with E-state index in [1.165, 1.54) is 23.5 Å². The Hall–Kier alpha value is -1.94. The third kappa shape index (κ3) is 6.19. The van der Waals surface area contributed by atoms with Gasteiger partial charge in [-0.25, -0.2) is 13.2 Å². The van der Waals surface area contributed by atoms with Gasteiger partial charge >= 0.3 is 5.97 Å². The molecule has 0 aliphatic carbocycles. The number of rotatable bonds is 8. The number of benzene rings is 1. The van der Waals surface area contributed by atoms with Gasteiger partial charge < -0.3 is 10.1 Å². The first kappa shape index (κ1) is 28.3. The summed E-state index contributed by atoms with van der Waals surface area (Å²) in [5.74, 6) is -0.675. The third-order valence-corrected chi connectivity index (χ3v) is 9.09. The number of halogens is 1. The molecule has 2 heterocycles. The topological polar surface area (TPSA) is 92.8 Å². The number of anilines is 1. The summed E-state index contributed by atoms with van der Waals surface area (Å²) in [6.07, 6.45) is 0.810. The first-order valence-corrected chi connectivity index (χ1v) is 13.6. The lowest BCUT2D eigenvalue weighted by atomic mass is 10.0. The maximum Gasteiger partial charge on any atom is 0.341 e. The van der Waals surface area contributed by atoms with Crippen LogP contribution in [-0.4, -0.2) is 49.6 Å². The standard InChI is InChI=1S/C24H32N2O5S2.ClH/c1-6-31-24(28)22-19-11-12-26(15(2)3)14-20(19)32-23(22)25-21(27)13-17-7-9-18(10-8-17)33(29,30)16(4)5;/h7-10,15-16H,6,11-14H2,1-5H3,(H,25,27);1H. The number of fused-ring (bicyclic) bond motifs is 1. The van der Waals surface area contributed by atoms with E-state index in [2.05, 4.69) is 24.1 Å². The number of hydrogen-bond donors (Lipinski definition) is 1. The number of carbonyl (C=O) groups excluding carboxylic acids is 2. The normalized spacial score (nSPS) is 14.0. The predicted molar refractivity (Wildman–Crippen MR) is 138 cm³/mol. The molecule has 0 spiro atoms. The molecule has 7 nitrogen and oxygen atoms in total. The average Bonchev–Trinajstić information content (AvgIpc) is 3.10. The highest BCUT2D eigenvalue weighted by molar-refractivity contribution is 7.92. The fraction of sp³-hybridized carbons (Fsp3) is 0.500. The van der Waals surface area contributed by atoms with Crippen LogP contribution in [0.3, 0.4) is 0 Å². The van der Waals surface area contributed by atoms with Crippen LogP contribution in [0.5, 0.6) is 0 Å². The number of ether oxygens (including phenoxy) is 1. The van der Waals surface area contributed by atoms with Crippen LogP contribution in [0.15, 0.2) is 29.2 Å². The van der Waals surface area contributed by atoms with Gasteiger partial charge in [-0.1, -0.05) is 12.1 Å². The minimum atomic E-state index is -3.36. The highest BCUT2D eigenvalue weighted by Crippen LogP contribution is 2.38. The molecule has 0 fully saturated rings. The Kier molecular flexibility index (Phi) is 9.71. The van der Waals surface area contributed by atoms with Gasteiger partial charge in [0.1, 0.15) is 5.00 Å². The molecule has 0 radical (unpaired) electrons. The van der Waals surface area contributed by atoms with Gasteiger partial charge in [-0.2, -0.15) is 0 Å². The highest BCUT2D eigenvalue weighted by Gasteiger charge is 2.30. The van der Waals surface area contributed by atoms with Crippen molar-refractivity contribution in [3.05, 3.63) is 45.8 Å². The van der Waals surface area contributed by atoms with E-state index in [4.69, 9.17) is 4.74 Å². The molecule has 0 saturated heterocycles. The largest absolute Gasteiger partial charge is 0.462 e. The fourth-order valence-electron chi connectivity index (χ4n) is 3.80. The van der Waals surface area contributed by atoms with E-state index >= 15 is 0 Å². The number of nitrogens with zero attached hydrogens (tertiary/aromatic N) is 1. The van der Waals surface area contributed by atoms with E-state index in [-0.39, 0.29) is 36.2 Å². The first-order chi connectivity index (χ1) is 15.5. The molecule has 0 unspecified atom stereocenters. The number of carbonyl (C=O) groups is 2. The first-order valence-electron chi connectivity index (χ1n) is 11.2. The van der Waals surface area contributed by atoms with Crippen molar-refractivity contribution in [2.45, 2.75) is 70.2 Å². The van der Waals surface area contributed by atoms with Crippen molar-refractivity contribution in [1.82, 2.24) is 4.90 Å². The number of nitrogens with one attached hydrogen (secondary N) is 1. The molecular weight excluding hydrogens is 496 g/mol. The average molecular weight is 529 g/mol. The summed E-state index contributed by atoms with van der Waals surface area (Å²) >= 11 is 1.43. The Morgan fingerprint density at radius 3 is 2.35 bits per heavy atom. The van der Waals surface area contributed by atoms with Crippen molar-refractivity contribution >= 4 is 50.5 Å². The zero-order valence-electron chi connectivity index (χ0n) is 20.2. The van der Waals surface area contributed by atoms with Crippen LogP contribution in [0.2, 0.25) is 0 Å². The van der Waals surface area contributed by atoms with E-state index in [1.54, 1.807) is 32.9 Å². The monoisotopic (exact) mass is 528 g/mol. The molecule has 1 N–H and O–H groups in total. The van der Waals surface area contributed by atoms with Crippen molar-refractivity contribution in [2.24, 2.45) is 0 Å². The smallest absolute Gasteiger partial charge is 0.341 e. The second-order valence-electron chi connectivity index (χ2n) is 8.71. The molecule has 0 saturated carbocycles. The van der Waals surface area contributed by atoms with E-state index < -0.39 is 21.1 Å². The second-order valence-corrected chi connectivity index (χ2v) is 12.3. The van der Waals surface area contributed by atoms with Gasteiger partial charge in [0.15, 0.2) is 9.84 Å². The van der Waals surface area contributed by atoms with Gasteiger partial charge in [0, 0.05) is 24.0 Å². The molecule has 2 aromatic rings. The lowest BCUT2D eigenvalue weighted by Gasteiger charge is -2.30. The Morgan fingerprint density at radius 2 is 1.79 bits per heavy atom. The summed E-state index contributed by atoms with van der Waals surface area (Å²) in [4.78, 5) is 29.2. The molecule has 34 heavy (non-hydrogen) atoms. The fourth-order valence-corrected chi connectivity index (χ4v) is 6.13. The minimum Gasteiger partial charge on any atom is -0.462 e. The van der Waals surface area contributed by atoms with Gasteiger partial charge in [-0.3, -0.25) is 9.69 Å². The van der Waals surface area contributed by atoms with Crippen LogP contribution in [-0.2, 0) is 38.8 Å². The summed E-state index contributed by atoms with van der Waals surface area (Å²) in [5, 5.41) is 2.92. The zero-order chi connectivity index (χ0) is 24.3. The molecular formula is C24H33ClN2O5S2. The van der Waals surface area contributed by atoms with Gasteiger partial charge in [0.2, 0.25) is 5.91 Å². The van der Waals surface area contributed by atoms with Crippen LogP contribution >= 0.6 is 23.7 Å². The van der Waals surface area contributed by atoms with Crippen molar-refractivity contribution < 1.29 is 22.7 Å².